The molecule has 1 atom stereocenters. The number of nitrogens with one attached hydrogen (secondary N) is 1. The lowest BCUT2D eigenvalue weighted by Gasteiger charge is -2.37. The lowest BCUT2D eigenvalue weighted by Crippen LogP contribution is -2.51. The predicted octanol–water partition coefficient (Wildman–Crippen LogP) is 2.60. The number of likely N-dealkylation sites (tertiary alicyclic amines) is 1. The maximum atomic E-state index is 13.0. The van der Waals surface area contributed by atoms with Crippen LogP contribution in [0.1, 0.15) is 43.2 Å². The fourth-order valence-corrected chi connectivity index (χ4v) is 4.02. The van der Waals surface area contributed by atoms with Crippen LogP contribution in [0.4, 0.5) is 0 Å². The summed E-state index contributed by atoms with van der Waals surface area (Å²) in [5.74, 6) is 0.287. The number of aryl methyl sites for hydroxylation is 1. The van der Waals surface area contributed by atoms with Crippen molar-refractivity contribution in [1.82, 2.24) is 15.1 Å². The quantitative estimate of drug-likeness (QED) is 0.862. The molecule has 0 spiro atoms. The summed E-state index contributed by atoms with van der Waals surface area (Å²) >= 11 is 0. The lowest BCUT2D eigenvalue weighted by molar-refractivity contribution is -0.133. The first kappa shape index (κ1) is 18.4. The summed E-state index contributed by atoms with van der Waals surface area (Å²) in [6, 6.07) is 8.74. The SMILES string of the molecule is Cc1ccc(CC(=O)N(CCN2CCCCC2)C2CCCNC2)cc1. The normalized spacial score (nSPS) is 21.9. The molecule has 138 valence electrons. The first-order valence-electron chi connectivity index (χ1n) is 10.0. The van der Waals surface area contributed by atoms with E-state index in [1.165, 1.54) is 44.3 Å². The van der Waals surface area contributed by atoms with Crippen molar-refractivity contribution in [1.29, 1.82) is 0 Å². The number of carbonyl (C=O) groups is 1. The zero-order valence-electron chi connectivity index (χ0n) is 15.7. The number of rotatable bonds is 6. The van der Waals surface area contributed by atoms with Crippen LogP contribution in [-0.4, -0.2) is 61.0 Å². The highest BCUT2D eigenvalue weighted by Crippen LogP contribution is 2.15. The van der Waals surface area contributed by atoms with Crippen molar-refractivity contribution in [2.24, 2.45) is 0 Å². The average molecular weight is 344 g/mol. The highest BCUT2D eigenvalue weighted by Gasteiger charge is 2.26. The maximum Gasteiger partial charge on any atom is 0.227 e. The van der Waals surface area contributed by atoms with Crippen LogP contribution in [0.15, 0.2) is 24.3 Å². The Morgan fingerprint density at radius 2 is 1.92 bits per heavy atom. The number of benzene rings is 1. The Balaban J connectivity index is 1.61. The van der Waals surface area contributed by atoms with E-state index in [9.17, 15) is 4.79 Å². The zero-order valence-corrected chi connectivity index (χ0v) is 15.7. The van der Waals surface area contributed by atoms with Crippen molar-refractivity contribution < 1.29 is 4.79 Å². The highest BCUT2D eigenvalue weighted by atomic mass is 16.2. The Hall–Kier alpha value is -1.39. The third-order valence-electron chi connectivity index (χ3n) is 5.61. The van der Waals surface area contributed by atoms with Crippen LogP contribution < -0.4 is 5.32 Å². The minimum Gasteiger partial charge on any atom is -0.337 e. The number of hydrogen-bond acceptors (Lipinski definition) is 3. The van der Waals surface area contributed by atoms with Crippen LogP contribution in [0.5, 0.6) is 0 Å². The van der Waals surface area contributed by atoms with Gasteiger partial charge in [0.25, 0.3) is 0 Å². The van der Waals surface area contributed by atoms with E-state index in [1.807, 2.05) is 0 Å². The molecule has 1 N–H and O–H groups in total. The highest BCUT2D eigenvalue weighted by molar-refractivity contribution is 5.79. The first-order chi connectivity index (χ1) is 12.2. The van der Waals surface area contributed by atoms with E-state index in [1.54, 1.807) is 0 Å². The Morgan fingerprint density at radius 3 is 2.60 bits per heavy atom. The van der Waals surface area contributed by atoms with Crippen LogP contribution in [0.3, 0.4) is 0 Å². The molecular formula is C21H33N3O. The van der Waals surface area contributed by atoms with Gasteiger partial charge in [0.15, 0.2) is 0 Å². The van der Waals surface area contributed by atoms with Gasteiger partial charge in [-0.15, -0.1) is 0 Å². The largest absolute Gasteiger partial charge is 0.337 e. The van der Waals surface area contributed by atoms with Crippen LogP contribution >= 0.6 is 0 Å². The van der Waals surface area contributed by atoms with Gasteiger partial charge in [0.05, 0.1) is 6.42 Å². The third-order valence-corrected chi connectivity index (χ3v) is 5.61. The molecule has 0 aliphatic carbocycles. The minimum atomic E-state index is 0.287. The number of piperidine rings is 2. The summed E-state index contributed by atoms with van der Waals surface area (Å²) in [4.78, 5) is 17.8. The number of hydrogen-bond donors (Lipinski definition) is 1. The standard InChI is InChI=1S/C21H33N3O/c1-18-7-9-19(10-8-18)16-21(25)24(20-6-5-11-22-17-20)15-14-23-12-3-2-4-13-23/h7-10,20,22H,2-6,11-17H2,1H3. The number of amides is 1. The van der Waals surface area contributed by atoms with Crippen molar-refractivity contribution in [2.75, 3.05) is 39.3 Å². The van der Waals surface area contributed by atoms with Crippen molar-refractivity contribution in [2.45, 2.75) is 51.5 Å². The van der Waals surface area contributed by atoms with Crippen molar-refractivity contribution >= 4 is 5.91 Å². The van der Waals surface area contributed by atoms with Crippen molar-refractivity contribution in [3.63, 3.8) is 0 Å². The van der Waals surface area contributed by atoms with Crippen molar-refractivity contribution in [3.05, 3.63) is 35.4 Å². The fourth-order valence-electron chi connectivity index (χ4n) is 4.02. The van der Waals surface area contributed by atoms with Crippen molar-refractivity contribution in [3.8, 4) is 0 Å². The molecule has 1 aromatic rings. The van der Waals surface area contributed by atoms with E-state index in [4.69, 9.17) is 0 Å². The summed E-state index contributed by atoms with van der Waals surface area (Å²) < 4.78 is 0. The molecule has 2 saturated heterocycles. The number of nitrogens with zero attached hydrogens (tertiary/aromatic N) is 2. The van der Waals surface area contributed by atoms with Crippen LogP contribution in [-0.2, 0) is 11.2 Å². The van der Waals surface area contributed by atoms with Gasteiger partial charge in [-0.05, 0) is 57.8 Å². The second-order valence-electron chi connectivity index (χ2n) is 7.65. The van der Waals surface area contributed by atoms with Gasteiger partial charge in [0, 0.05) is 25.7 Å². The molecule has 0 bridgehead atoms. The van der Waals surface area contributed by atoms with Gasteiger partial charge in [-0.2, -0.15) is 0 Å². The van der Waals surface area contributed by atoms with E-state index in [2.05, 4.69) is 46.3 Å². The molecule has 2 fully saturated rings. The molecule has 0 saturated carbocycles. The molecule has 2 heterocycles. The maximum absolute atomic E-state index is 13.0. The van der Waals surface area contributed by atoms with E-state index >= 15 is 0 Å². The second-order valence-corrected chi connectivity index (χ2v) is 7.65. The molecule has 0 radical (unpaired) electrons. The monoisotopic (exact) mass is 343 g/mol. The molecule has 2 aliphatic heterocycles. The summed E-state index contributed by atoms with van der Waals surface area (Å²) in [6.45, 7) is 8.41. The molecule has 0 aromatic heterocycles. The van der Waals surface area contributed by atoms with Gasteiger partial charge in [0.1, 0.15) is 0 Å². The number of carbonyl (C=O) groups excluding carboxylic acids is 1. The Labute approximate surface area is 152 Å². The molecule has 2 aliphatic rings. The fraction of sp³-hybridized carbons (Fsp3) is 0.667. The van der Waals surface area contributed by atoms with E-state index < -0.39 is 0 Å². The summed E-state index contributed by atoms with van der Waals surface area (Å²) in [7, 11) is 0. The van der Waals surface area contributed by atoms with Gasteiger partial charge in [-0.3, -0.25) is 4.79 Å². The third kappa shape index (κ3) is 5.55. The molecule has 25 heavy (non-hydrogen) atoms. The van der Waals surface area contributed by atoms with Gasteiger partial charge < -0.3 is 15.1 Å². The summed E-state index contributed by atoms with van der Waals surface area (Å²) in [5, 5.41) is 3.47. The van der Waals surface area contributed by atoms with E-state index in [0.29, 0.717) is 12.5 Å². The van der Waals surface area contributed by atoms with Gasteiger partial charge in [-0.1, -0.05) is 36.2 Å². The van der Waals surface area contributed by atoms with Crippen LogP contribution in [0, 0.1) is 6.92 Å². The summed E-state index contributed by atoms with van der Waals surface area (Å²) in [5.41, 5.74) is 2.37. The predicted molar refractivity (Wildman–Crippen MR) is 103 cm³/mol. The molecule has 1 unspecified atom stereocenters. The molecule has 3 rings (SSSR count). The zero-order chi connectivity index (χ0) is 17.5. The molecule has 1 aromatic carbocycles. The molecule has 1 amide bonds. The van der Waals surface area contributed by atoms with E-state index in [0.717, 1.165) is 38.2 Å². The first-order valence-corrected chi connectivity index (χ1v) is 10.0. The van der Waals surface area contributed by atoms with Crippen LogP contribution in [0.2, 0.25) is 0 Å². The topological polar surface area (TPSA) is 35.6 Å². The molecule has 4 heteroatoms. The Bertz CT molecular complexity index is 531. The second kappa shape index (κ2) is 9.35. The molecular weight excluding hydrogens is 310 g/mol. The average Bonchev–Trinajstić information content (AvgIpc) is 2.65. The Kier molecular flexibility index (Phi) is 6.88. The minimum absolute atomic E-state index is 0.287. The van der Waals surface area contributed by atoms with E-state index in [-0.39, 0.29) is 5.91 Å². The van der Waals surface area contributed by atoms with Gasteiger partial charge in [0.2, 0.25) is 5.91 Å². The van der Waals surface area contributed by atoms with Gasteiger partial charge in [-0.25, -0.2) is 0 Å². The smallest absolute Gasteiger partial charge is 0.227 e. The Morgan fingerprint density at radius 1 is 1.16 bits per heavy atom. The summed E-state index contributed by atoms with van der Waals surface area (Å²) in [6.07, 6.45) is 6.80. The molecule has 4 nitrogen and oxygen atoms in total. The lowest BCUT2D eigenvalue weighted by atomic mass is 10.0. The van der Waals surface area contributed by atoms with Crippen LogP contribution in [0.25, 0.3) is 0 Å². The van der Waals surface area contributed by atoms with Gasteiger partial charge >= 0.3 is 0 Å².